The summed E-state index contributed by atoms with van der Waals surface area (Å²) in [4.78, 5) is 1.20. The summed E-state index contributed by atoms with van der Waals surface area (Å²) in [6.07, 6.45) is 0. The molecule has 1 aromatic heterocycles. The van der Waals surface area contributed by atoms with E-state index in [1.165, 1.54) is 14.0 Å². The average molecular weight is 521 g/mol. The molecule has 1 unspecified atom stereocenters. The number of hydrogen-bond acceptors (Lipinski definition) is 2. The lowest BCUT2D eigenvalue weighted by atomic mass is 10.1. The van der Waals surface area contributed by atoms with Crippen LogP contribution in [-0.2, 0) is 0 Å². The van der Waals surface area contributed by atoms with Crippen molar-refractivity contribution in [2.24, 2.45) is 0 Å². The van der Waals surface area contributed by atoms with Crippen LogP contribution in [0.25, 0.3) is 0 Å². The van der Waals surface area contributed by atoms with Crippen molar-refractivity contribution in [1.82, 2.24) is 5.32 Å². The van der Waals surface area contributed by atoms with Crippen LogP contribution in [0.2, 0.25) is 4.34 Å². The van der Waals surface area contributed by atoms with Gasteiger partial charge in [-0.15, -0.1) is 11.3 Å². The maximum absolute atomic E-state index is 6.12. The van der Waals surface area contributed by atoms with Crippen LogP contribution >= 0.6 is 77.4 Å². The first kappa shape index (κ1) is 15.3. The highest BCUT2D eigenvalue weighted by molar-refractivity contribution is 14.1. The summed E-state index contributed by atoms with van der Waals surface area (Å²) in [5, 5.41) is 3.35. The average Bonchev–Trinajstić information content (AvgIpc) is 2.65. The third kappa shape index (κ3) is 3.30. The second-order valence-corrected chi connectivity index (χ2v) is 8.28. The van der Waals surface area contributed by atoms with Gasteiger partial charge in [0.15, 0.2) is 0 Å². The van der Waals surface area contributed by atoms with Crippen LogP contribution < -0.4 is 5.32 Å². The molecule has 2 aromatic rings. The zero-order valence-corrected chi connectivity index (χ0v) is 16.2. The van der Waals surface area contributed by atoms with Crippen LogP contribution in [0.1, 0.15) is 16.5 Å². The highest BCUT2D eigenvalue weighted by Crippen LogP contribution is 2.38. The Morgan fingerprint density at radius 2 is 2.06 bits per heavy atom. The van der Waals surface area contributed by atoms with Gasteiger partial charge in [0.2, 0.25) is 0 Å². The van der Waals surface area contributed by atoms with Gasteiger partial charge in [0.05, 0.1) is 6.04 Å². The molecule has 18 heavy (non-hydrogen) atoms. The Labute approximate surface area is 146 Å². The molecule has 1 aromatic carbocycles. The molecule has 0 aliphatic heterocycles. The van der Waals surface area contributed by atoms with Crippen molar-refractivity contribution in [3.8, 4) is 0 Å². The van der Waals surface area contributed by atoms with Gasteiger partial charge in [-0.1, -0.05) is 27.5 Å². The van der Waals surface area contributed by atoms with Gasteiger partial charge in [0, 0.05) is 17.4 Å². The summed E-state index contributed by atoms with van der Waals surface area (Å²) in [6, 6.07) is 8.53. The van der Waals surface area contributed by atoms with Gasteiger partial charge in [-0.3, -0.25) is 0 Å². The molecule has 1 heterocycles. The zero-order valence-electron chi connectivity index (χ0n) is 9.31. The minimum Gasteiger partial charge on any atom is -0.309 e. The SMILES string of the molecule is CNC(c1cc(Br)c(Cl)s1)c1cc(Br)ccc1I. The molecule has 0 saturated carbocycles. The molecular formula is C12H9Br2ClINS. The number of halogens is 4. The van der Waals surface area contributed by atoms with Crippen molar-refractivity contribution < 1.29 is 0 Å². The molecule has 6 heteroatoms. The van der Waals surface area contributed by atoms with E-state index in [9.17, 15) is 0 Å². The van der Waals surface area contributed by atoms with Crippen LogP contribution in [0.15, 0.2) is 33.2 Å². The lowest BCUT2D eigenvalue weighted by Crippen LogP contribution is -2.17. The van der Waals surface area contributed by atoms with E-state index in [4.69, 9.17) is 11.6 Å². The summed E-state index contributed by atoms with van der Waals surface area (Å²) in [5.74, 6) is 0. The van der Waals surface area contributed by atoms with E-state index in [1.54, 1.807) is 11.3 Å². The fraction of sp³-hybridized carbons (Fsp3) is 0.167. The van der Waals surface area contributed by atoms with Crippen LogP contribution in [0.3, 0.4) is 0 Å². The summed E-state index contributed by atoms with van der Waals surface area (Å²) in [7, 11) is 1.96. The smallest absolute Gasteiger partial charge is 0.107 e. The number of hydrogen-bond donors (Lipinski definition) is 1. The molecule has 0 aliphatic carbocycles. The Balaban J connectivity index is 2.48. The first-order valence-corrected chi connectivity index (χ1v) is 8.95. The molecule has 0 fully saturated rings. The molecule has 0 amide bonds. The van der Waals surface area contributed by atoms with Gasteiger partial charge in [0.25, 0.3) is 0 Å². The Kier molecular flexibility index (Phi) is 5.54. The van der Waals surface area contributed by atoms with Crippen LogP contribution in [0.5, 0.6) is 0 Å². The molecule has 0 radical (unpaired) electrons. The Bertz CT molecular complexity index is 554. The maximum atomic E-state index is 6.12. The van der Waals surface area contributed by atoms with E-state index in [0.717, 1.165) is 13.3 Å². The van der Waals surface area contributed by atoms with Gasteiger partial charge in [-0.25, -0.2) is 0 Å². The fourth-order valence-electron chi connectivity index (χ4n) is 1.69. The van der Waals surface area contributed by atoms with Crippen LogP contribution in [-0.4, -0.2) is 7.05 Å². The van der Waals surface area contributed by atoms with Crippen molar-refractivity contribution in [2.45, 2.75) is 6.04 Å². The van der Waals surface area contributed by atoms with Crippen LogP contribution in [0, 0.1) is 3.57 Å². The molecule has 0 spiro atoms. The normalized spacial score (nSPS) is 12.7. The molecule has 1 N–H and O–H groups in total. The lowest BCUT2D eigenvalue weighted by Gasteiger charge is -2.17. The van der Waals surface area contributed by atoms with Gasteiger partial charge in [0.1, 0.15) is 4.34 Å². The van der Waals surface area contributed by atoms with Crippen LogP contribution in [0.4, 0.5) is 0 Å². The molecule has 1 nitrogen and oxygen atoms in total. The van der Waals surface area contributed by atoms with Crippen molar-refractivity contribution >= 4 is 77.4 Å². The predicted octanol–water partition coefficient (Wildman–Crippen LogP) is 5.84. The summed E-state index contributed by atoms with van der Waals surface area (Å²) in [5.41, 5.74) is 1.25. The highest BCUT2D eigenvalue weighted by Gasteiger charge is 2.18. The molecule has 96 valence electrons. The number of benzene rings is 1. The van der Waals surface area contributed by atoms with Crippen molar-refractivity contribution in [1.29, 1.82) is 0 Å². The highest BCUT2D eigenvalue weighted by atomic mass is 127. The van der Waals surface area contributed by atoms with Crippen molar-refractivity contribution in [2.75, 3.05) is 7.05 Å². The second-order valence-electron chi connectivity index (χ2n) is 3.66. The van der Waals surface area contributed by atoms with Gasteiger partial charge >= 0.3 is 0 Å². The third-order valence-electron chi connectivity index (χ3n) is 2.51. The topological polar surface area (TPSA) is 12.0 Å². The van der Waals surface area contributed by atoms with Crippen molar-refractivity contribution in [3.63, 3.8) is 0 Å². The number of thiophene rings is 1. The van der Waals surface area contributed by atoms with E-state index in [-0.39, 0.29) is 6.04 Å². The minimum atomic E-state index is 0.156. The second kappa shape index (κ2) is 6.54. The Morgan fingerprint density at radius 1 is 1.33 bits per heavy atom. The third-order valence-corrected chi connectivity index (χ3v) is 6.52. The van der Waals surface area contributed by atoms with Gasteiger partial charge < -0.3 is 5.32 Å². The zero-order chi connectivity index (χ0) is 13.3. The Hall–Kier alpha value is 0.860. The summed E-state index contributed by atoms with van der Waals surface area (Å²) < 4.78 is 4.06. The summed E-state index contributed by atoms with van der Waals surface area (Å²) in [6.45, 7) is 0. The first-order valence-electron chi connectivity index (χ1n) is 5.10. The van der Waals surface area contributed by atoms with E-state index >= 15 is 0 Å². The Morgan fingerprint density at radius 3 is 2.61 bits per heavy atom. The molecule has 1 atom stereocenters. The minimum absolute atomic E-state index is 0.156. The predicted molar refractivity (Wildman–Crippen MR) is 94.8 cm³/mol. The van der Waals surface area contributed by atoms with Gasteiger partial charge in [-0.2, -0.15) is 0 Å². The van der Waals surface area contributed by atoms with E-state index in [1.807, 2.05) is 7.05 Å². The van der Waals surface area contributed by atoms with E-state index in [0.29, 0.717) is 0 Å². The quantitative estimate of drug-likeness (QED) is 0.501. The lowest BCUT2D eigenvalue weighted by molar-refractivity contribution is 0.700. The molecule has 0 bridgehead atoms. The largest absolute Gasteiger partial charge is 0.309 e. The van der Waals surface area contributed by atoms with Gasteiger partial charge in [-0.05, 0) is 75.4 Å². The van der Waals surface area contributed by atoms with Crippen molar-refractivity contribution in [3.05, 3.63) is 51.6 Å². The van der Waals surface area contributed by atoms with E-state index in [2.05, 4.69) is 84.0 Å². The number of nitrogens with one attached hydrogen (secondary N) is 1. The summed E-state index contributed by atoms with van der Waals surface area (Å²) >= 11 is 17.1. The first-order chi connectivity index (χ1) is 8.52. The molecular weight excluding hydrogens is 512 g/mol. The fourth-order valence-corrected chi connectivity index (χ4v) is 4.58. The standard InChI is InChI=1S/C12H9Br2ClINS/c1-17-11(10-5-8(14)12(15)18-10)7-4-6(13)2-3-9(7)16/h2-5,11,17H,1H3. The molecule has 2 rings (SSSR count). The molecule has 0 aliphatic rings. The maximum Gasteiger partial charge on any atom is 0.107 e. The van der Waals surface area contributed by atoms with E-state index < -0.39 is 0 Å². The monoisotopic (exact) mass is 519 g/mol. The number of rotatable bonds is 3. The molecule has 0 saturated heterocycles.